The Morgan fingerprint density at radius 2 is 1.77 bits per heavy atom. The fraction of sp³-hybridized carbons (Fsp3) is 0.235. The Hall–Kier alpha value is -1.47. The molecule has 2 aromatic carbocycles. The summed E-state index contributed by atoms with van der Waals surface area (Å²) in [4.78, 5) is 12.5. The number of nitrogens with zero attached hydrogens (tertiary/aromatic N) is 1. The Kier molecular flexibility index (Phi) is 6.80. The molecule has 0 unspecified atom stereocenters. The van der Waals surface area contributed by atoms with E-state index in [1.807, 2.05) is 0 Å². The SMILES string of the molecule is C[C@H](C(=O)NCc1ccc(Cl)cc1Cl)N(c1cccc(Cl)c1)S(C)(=O)=O. The summed E-state index contributed by atoms with van der Waals surface area (Å²) in [5, 5.41) is 3.97. The third kappa shape index (κ3) is 5.27. The molecule has 0 aromatic heterocycles. The van der Waals surface area contributed by atoms with E-state index >= 15 is 0 Å². The molecule has 0 aliphatic carbocycles. The molecule has 5 nitrogen and oxygen atoms in total. The highest BCUT2D eigenvalue weighted by atomic mass is 35.5. The highest BCUT2D eigenvalue weighted by Crippen LogP contribution is 2.24. The van der Waals surface area contributed by atoms with Gasteiger partial charge < -0.3 is 5.32 Å². The molecule has 1 amide bonds. The summed E-state index contributed by atoms with van der Waals surface area (Å²) in [6.07, 6.45) is 1.04. The molecule has 0 heterocycles. The summed E-state index contributed by atoms with van der Waals surface area (Å²) in [6, 6.07) is 10.3. The lowest BCUT2D eigenvalue weighted by molar-refractivity contribution is -0.122. The minimum absolute atomic E-state index is 0.145. The van der Waals surface area contributed by atoms with Crippen LogP contribution in [0, 0.1) is 0 Å². The molecule has 0 radical (unpaired) electrons. The summed E-state index contributed by atoms with van der Waals surface area (Å²) in [5.74, 6) is -0.471. The molecular formula is C17H17Cl3N2O3S. The molecule has 140 valence electrons. The van der Waals surface area contributed by atoms with E-state index in [1.54, 1.807) is 36.4 Å². The van der Waals surface area contributed by atoms with Crippen LogP contribution >= 0.6 is 34.8 Å². The van der Waals surface area contributed by atoms with E-state index in [0.29, 0.717) is 26.3 Å². The number of anilines is 1. The number of nitrogens with one attached hydrogen (secondary N) is 1. The van der Waals surface area contributed by atoms with Gasteiger partial charge in [-0.25, -0.2) is 8.42 Å². The first-order valence-corrected chi connectivity index (χ1v) is 10.5. The standard InChI is InChI=1S/C17H17Cl3N2O3S/c1-11(17(23)21-10-12-6-7-14(19)9-16(12)20)22(26(2,24)25)15-5-3-4-13(18)8-15/h3-9,11H,10H2,1-2H3,(H,21,23)/t11-/m1/s1. The van der Waals surface area contributed by atoms with Crippen molar-refractivity contribution in [2.24, 2.45) is 0 Å². The van der Waals surface area contributed by atoms with Crippen molar-refractivity contribution < 1.29 is 13.2 Å². The van der Waals surface area contributed by atoms with Crippen LogP contribution in [0.3, 0.4) is 0 Å². The van der Waals surface area contributed by atoms with Crippen LogP contribution in [0.5, 0.6) is 0 Å². The maximum absolute atomic E-state index is 12.5. The number of sulfonamides is 1. The van der Waals surface area contributed by atoms with E-state index in [1.165, 1.54) is 13.0 Å². The molecule has 0 aliphatic heterocycles. The normalized spacial score (nSPS) is 12.5. The van der Waals surface area contributed by atoms with Crippen LogP contribution in [0.2, 0.25) is 15.1 Å². The van der Waals surface area contributed by atoms with Gasteiger partial charge in [0.25, 0.3) is 0 Å². The lowest BCUT2D eigenvalue weighted by atomic mass is 10.2. The molecule has 9 heteroatoms. The molecule has 2 aromatic rings. The molecule has 1 N–H and O–H groups in total. The van der Waals surface area contributed by atoms with Crippen molar-refractivity contribution in [3.63, 3.8) is 0 Å². The molecule has 0 fully saturated rings. The van der Waals surface area contributed by atoms with Gasteiger partial charge in [-0.2, -0.15) is 0 Å². The summed E-state index contributed by atoms with van der Waals surface area (Å²) < 4.78 is 25.5. The van der Waals surface area contributed by atoms with Crippen LogP contribution in [-0.4, -0.2) is 26.6 Å². The number of carbonyl (C=O) groups excluding carboxylic acids is 1. The molecule has 0 bridgehead atoms. The van der Waals surface area contributed by atoms with Crippen LogP contribution in [-0.2, 0) is 21.4 Å². The van der Waals surface area contributed by atoms with E-state index in [0.717, 1.165) is 10.6 Å². The molecule has 26 heavy (non-hydrogen) atoms. The largest absolute Gasteiger partial charge is 0.350 e. The fourth-order valence-corrected chi connectivity index (χ4v) is 4.24. The second-order valence-electron chi connectivity index (χ2n) is 5.67. The maximum Gasteiger partial charge on any atom is 0.243 e. The highest BCUT2D eigenvalue weighted by Gasteiger charge is 2.29. The van der Waals surface area contributed by atoms with E-state index < -0.39 is 22.0 Å². The minimum atomic E-state index is -3.71. The summed E-state index contributed by atoms with van der Waals surface area (Å²) >= 11 is 17.9. The number of carbonyl (C=O) groups is 1. The van der Waals surface area contributed by atoms with Crippen molar-refractivity contribution in [1.82, 2.24) is 5.32 Å². The molecule has 2 rings (SSSR count). The zero-order chi connectivity index (χ0) is 19.5. The first-order valence-electron chi connectivity index (χ1n) is 7.56. The zero-order valence-electron chi connectivity index (χ0n) is 14.0. The van der Waals surface area contributed by atoms with Crippen LogP contribution in [0.1, 0.15) is 12.5 Å². The first-order chi connectivity index (χ1) is 12.1. The topological polar surface area (TPSA) is 66.5 Å². The number of benzene rings is 2. The Morgan fingerprint density at radius 3 is 2.35 bits per heavy atom. The van der Waals surface area contributed by atoms with Gasteiger partial charge in [0.1, 0.15) is 6.04 Å². The molecule has 0 saturated heterocycles. The number of halogens is 3. The highest BCUT2D eigenvalue weighted by molar-refractivity contribution is 7.92. The van der Waals surface area contributed by atoms with Gasteiger partial charge in [0.05, 0.1) is 11.9 Å². The van der Waals surface area contributed by atoms with Gasteiger partial charge >= 0.3 is 0 Å². The Balaban J connectivity index is 2.20. The van der Waals surface area contributed by atoms with Crippen molar-refractivity contribution in [1.29, 1.82) is 0 Å². The maximum atomic E-state index is 12.5. The molecule has 0 saturated carbocycles. The van der Waals surface area contributed by atoms with E-state index in [-0.39, 0.29) is 6.54 Å². The minimum Gasteiger partial charge on any atom is -0.350 e. The van der Waals surface area contributed by atoms with Gasteiger partial charge in [-0.05, 0) is 42.8 Å². The predicted octanol–water partition coefficient (Wildman–Crippen LogP) is 4.12. The number of hydrogen-bond acceptors (Lipinski definition) is 3. The summed E-state index contributed by atoms with van der Waals surface area (Å²) in [7, 11) is -3.71. The Labute approximate surface area is 167 Å². The van der Waals surface area contributed by atoms with Crippen LogP contribution < -0.4 is 9.62 Å². The lowest BCUT2D eigenvalue weighted by Crippen LogP contribution is -2.47. The van der Waals surface area contributed by atoms with Gasteiger partial charge in [-0.1, -0.05) is 46.9 Å². The van der Waals surface area contributed by atoms with Gasteiger partial charge in [0, 0.05) is 21.6 Å². The smallest absolute Gasteiger partial charge is 0.243 e. The van der Waals surface area contributed by atoms with Crippen molar-refractivity contribution in [3.05, 3.63) is 63.1 Å². The molecule has 0 aliphatic rings. The quantitative estimate of drug-likeness (QED) is 0.742. The van der Waals surface area contributed by atoms with Crippen molar-refractivity contribution in [2.75, 3.05) is 10.6 Å². The van der Waals surface area contributed by atoms with Crippen LogP contribution in [0.4, 0.5) is 5.69 Å². The van der Waals surface area contributed by atoms with Gasteiger partial charge in [-0.15, -0.1) is 0 Å². The second-order valence-corrected chi connectivity index (χ2v) is 8.81. The van der Waals surface area contributed by atoms with E-state index in [9.17, 15) is 13.2 Å². The molecule has 1 atom stereocenters. The van der Waals surface area contributed by atoms with Crippen LogP contribution in [0.15, 0.2) is 42.5 Å². The third-order valence-corrected chi connectivity index (χ3v) is 5.68. The third-order valence-electron chi connectivity index (χ3n) is 3.62. The van der Waals surface area contributed by atoms with Gasteiger partial charge in [-0.3, -0.25) is 9.10 Å². The van der Waals surface area contributed by atoms with Crippen molar-refractivity contribution >= 4 is 56.4 Å². The summed E-state index contributed by atoms with van der Waals surface area (Å²) in [5.41, 5.74) is 0.984. The first kappa shape index (κ1) is 20.8. The van der Waals surface area contributed by atoms with Crippen molar-refractivity contribution in [3.8, 4) is 0 Å². The molecule has 0 spiro atoms. The zero-order valence-corrected chi connectivity index (χ0v) is 17.1. The van der Waals surface area contributed by atoms with Gasteiger partial charge in [0.15, 0.2) is 0 Å². The molecular weight excluding hydrogens is 419 g/mol. The summed E-state index contributed by atoms with van der Waals surface area (Å²) in [6.45, 7) is 1.65. The predicted molar refractivity (Wildman–Crippen MR) is 107 cm³/mol. The average molecular weight is 436 g/mol. The van der Waals surface area contributed by atoms with Crippen molar-refractivity contribution in [2.45, 2.75) is 19.5 Å². The lowest BCUT2D eigenvalue weighted by Gasteiger charge is -2.28. The van der Waals surface area contributed by atoms with Gasteiger partial charge in [0.2, 0.25) is 15.9 Å². The Bertz CT molecular complexity index is 919. The van der Waals surface area contributed by atoms with E-state index in [4.69, 9.17) is 34.8 Å². The van der Waals surface area contributed by atoms with E-state index in [2.05, 4.69) is 5.32 Å². The fourth-order valence-electron chi connectivity index (χ4n) is 2.42. The Morgan fingerprint density at radius 1 is 1.12 bits per heavy atom. The number of rotatable bonds is 6. The number of amides is 1. The van der Waals surface area contributed by atoms with Crippen LogP contribution in [0.25, 0.3) is 0 Å². The monoisotopic (exact) mass is 434 g/mol. The second kappa shape index (κ2) is 8.48. The number of hydrogen-bond donors (Lipinski definition) is 1. The average Bonchev–Trinajstić information content (AvgIpc) is 2.52.